The zero-order valence-corrected chi connectivity index (χ0v) is 7.70. The van der Waals surface area contributed by atoms with Crippen molar-refractivity contribution in [1.82, 2.24) is 0 Å². The summed E-state index contributed by atoms with van der Waals surface area (Å²) in [6, 6.07) is 8.04. The molecule has 0 radical (unpaired) electrons. The first-order chi connectivity index (χ1) is 6.24. The summed E-state index contributed by atoms with van der Waals surface area (Å²) in [5.41, 5.74) is 14.0. The highest BCUT2D eigenvalue weighted by Crippen LogP contribution is 2.09. The largest absolute Gasteiger partial charge is 0.405 e. The van der Waals surface area contributed by atoms with Crippen molar-refractivity contribution in [2.75, 3.05) is 0 Å². The van der Waals surface area contributed by atoms with Gasteiger partial charge in [0.1, 0.15) is 0 Å². The van der Waals surface area contributed by atoms with Crippen LogP contribution in [0, 0.1) is 6.92 Å². The van der Waals surface area contributed by atoms with E-state index < -0.39 is 0 Å². The number of hydrogen-bond acceptors (Lipinski definition) is 2. The van der Waals surface area contributed by atoms with Crippen LogP contribution in [0.15, 0.2) is 42.6 Å². The predicted molar refractivity (Wildman–Crippen MR) is 56.7 cm³/mol. The molecule has 1 aromatic carbocycles. The summed E-state index contributed by atoms with van der Waals surface area (Å²) in [4.78, 5) is 0. The highest BCUT2D eigenvalue weighted by molar-refractivity contribution is 5.64. The van der Waals surface area contributed by atoms with Gasteiger partial charge in [-0.3, -0.25) is 0 Å². The molecule has 0 saturated heterocycles. The van der Waals surface area contributed by atoms with E-state index in [0.29, 0.717) is 0 Å². The van der Waals surface area contributed by atoms with Gasteiger partial charge in [-0.05, 0) is 30.8 Å². The van der Waals surface area contributed by atoms with Crippen molar-refractivity contribution >= 4 is 5.70 Å². The Morgan fingerprint density at radius 2 is 1.85 bits per heavy atom. The normalized spacial score (nSPS) is 12.2. The van der Waals surface area contributed by atoms with E-state index in [1.807, 2.05) is 31.2 Å². The van der Waals surface area contributed by atoms with Gasteiger partial charge in [0, 0.05) is 5.70 Å². The lowest BCUT2D eigenvalue weighted by molar-refractivity contribution is 1.43. The molecule has 2 nitrogen and oxygen atoms in total. The number of rotatable bonds is 2. The Morgan fingerprint density at radius 3 is 2.38 bits per heavy atom. The van der Waals surface area contributed by atoms with Crippen LogP contribution in [-0.2, 0) is 0 Å². The minimum atomic E-state index is 0.724. The molecule has 0 saturated carbocycles. The zero-order valence-electron chi connectivity index (χ0n) is 7.70. The highest BCUT2D eigenvalue weighted by Gasteiger charge is 1.93. The van der Waals surface area contributed by atoms with Gasteiger partial charge < -0.3 is 11.5 Å². The second kappa shape index (κ2) is 4.36. The zero-order chi connectivity index (χ0) is 9.68. The van der Waals surface area contributed by atoms with Gasteiger partial charge >= 0.3 is 0 Å². The quantitative estimate of drug-likeness (QED) is 0.671. The molecule has 0 aromatic heterocycles. The molecule has 0 aliphatic rings. The first-order valence-electron chi connectivity index (χ1n) is 4.15. The molecule has 0 atom stereocenters. The smallest absolute Gasteiger partial charge is 0.0388 e. The molecule has 1 rings (SSSR count). The maximum absolute atomic E-state index is 5.79. The topological polar surface area (TPSA) is 52.0 Å². The van der Waals surface area contributed by atoms with E-state index in [-0.39, 0.29) is 0 Å². The van der Waals surface area contributed by atoms with E-state index in [4.69, 9.17) is 11.5 Å². The van der Waals surface area contributed by atoms with Gasteiger partial charge in [-0.15, -0.1) is 0 Å². The van der Waals surface area contributed by atoms with Crippen LogP contribution in [0.2, 0.25) is 0 Å². The van der Waals surface area contributed by atoms with E-state index in [9.17, 15) is 0 Å². The fourth-order valence-electron chi connectivity index (χ4n) is 1.00. The lowest BCUT2D eigenvalue weighted by Gasteiger charge is -2.00. The van der Waals surface area contributed by atoms with Crippen molar-refractivity contribution < 1.29 is 0 Å². The van der Waals surface area contributed by atoms with E-state index in [1.165, 1.54) is 11.8 Å². The van der Waals surface area contributed by atoms with Crippen molar-refractivity contribution in [2.24, 2.45) is 11.5 Å². The fourth-order valence-corrected chi connectivity index (χ4v) is 1.00. The third-order valence-corrected chi connectivity index (χ3v) is 1.77. The number of aryl methyl sites for hydroxylation is 1. The second-order valence-corrected chi connectivity index (χ2v) is 2.87. The van der Waals surface area contributed by atoms with E-state index in [1.54, 1.807) is 12.2 Å². The molecule has 2 heteroatoms. The van der Waals surface area contributed by atoms with Crippen LogP contribution in [-0.4, -0.2) is 0 Å². The van der Waals surface area contributed by atoms with Crippen LogP contribution >= 0.6 is 0 Å². The van der Waals surface area contributed by atoms with Crippen LogP contribution in [0.5, 0.6) is 0 Å². The Balaban J connectivity index is 2.89. The Kier molecular flexibility index (Phi) is 3.15. The monoisotopic (exact) mass is 174 g/mol. The lowest BCUT2D eigenvalue weighted by atomic mass is 10.1. The van der Waals surface area contributed by atoms with E-state index in [2.05, 4.69) is 0 Å². The summed E-state index contributed by atoms with van der Waals surface area (Å²) >= 11 is 0. The van der Waals surface area contributed by atoms with Gasteiger partial charge in [0.25, 0.3) is 0 Å². The van der Waals surface area contributed by atoms with Gasteiger partial charge in [0.05, 0.1) is 0 Å². The molecule has 0 spiro atoms. The Morgan fingerprint density at radius 1 is 1.23 bits per heavy atom. The van der Waals surface area contributed by atoms with Crippen molar-refractivity contribution in [3.05, 3.63) is 53.7 Å². The van der Waals surface area contributed by atoms with Gasteiger partial charge in [-0.1, -0.05) is 29.8 Å². The number of hydrogen-bond donors (Lipinski definition) is 2. The molecule has 0 heterocycles. The molecular formula is C11H14N2. The van der Waals surface area contributed by atoms with Crippen LogP contribution in [0.3, 0.4) is 0 Å². The summed E-state index contributed by atoms with van der Waals surface area (Å²) in [5, 5.41) is 0. The van der Waals surface area contributed by atoms with Crippen molar-refractivity contribution in [1.29, 1.82) is 0 Å². The van der Waals surface area contributed by atoms with E-state index >= 15 is 0 Å². The van der Waals surface area contributed by atoms with Gasteiger partial charge in [0.15, 0.2) is 0 Å². The maximum Gasteiger partial charge on any atom is 0.0388 e. The molecule has 0 amide bonds. The van der Waals surface area contributed by atoms with Gasteiger partial charge in [-0.25, -0.2) is 0 Å². The standard InChI is InChI=1S/C11H14N2/c1-9-4-6-10(7-5-9)11(13)3-2-8-12/h2-8H,12-13H2,1H3/b8-2-,11-3-. The third-order valence-electron chi connectivity index (χ3n) is 1.77. The molecular weight excluding hydrogens is 160 g/mol. The van der Waals surface area contributed by atoms with Crippen molar-refractivity contribution in [2.45, 2.75) is 6.92 Å². The van der Waals surface area contributed by atoms with Gasteiger partial charge in [0.2, 0.25) is 0 Å². The second-order valence-electron chi connectivity index (χ2n) is 2.87. The van der Waals surface area contributed by atoms with Crippen LogP contribution in [0.25, 0.3) is 5.70 Å². The van der Waals surface area contributed by atoms with Crippen LogP contribution in [0.4, 0.5) is 0 Å². The number of nitrogens with two attached hydrogens (primary N) is 2. The van der Waals surface area contributed by atoms with Crippen LogP contribution in [0.1, 0.15) is 11.1 Å². The summed E-state index contributed by atoms with van der Waals surface area (Å²) in [5.74, 6) is 0. The summed E-state index contributed by atoms with van der Waals surface area (Å²) in [6.45, 7) is 2.05. The Bertz CT molecular complexity index is 320. The maximum atomic E-state index is 5.79. The number of allylic oxidation sites excluding steroid dienone is 2. The summed E-state index contributed by atoms with van der Waals surface area (Å²) in [7, 11) is 0. The molecule has 1 aromatic rings. The Hall–Kier alpha value is -1.70. The highest BCUT2D eigenvalue weighted by atomic mass is 14.6. The average Bonchev–Trinajstić information content (AvgIpc) is 2.15. The van der Waals surface area contributed by atoms with Crippen molar-refractivity contribution in [3.63, 3.8) is 0 Å². The molecule has 0 bridgehead atoms. The summed E-state index contributed by atoms with van der Waals surface area (Å²) < 4.78 is 0. The van der Waals surface area contributed by atoms with Gasteiger partial charge in [-0.2, -0.15) is 0 Å². The summed E-state index contributed by atoms with van der Waals surface area (Å²) in [6.07, 6.45) is 4.96. The molecule has 0 aliphatic heterocycles. The SMILES string of the molecule is Cc1ccc(/C(N)=C/C=C\N)cc1. The molecule has 4 N–H and O–H groups in total. The predicted octanol–water partition coefficient (Wildman–Crippen LogP) is 1.77. The molecule has 68 valence electrons. The van der Waals surface area contributed by atoms with Crippen LogP contribution < -0.4 is 11.5 Å². The lowest BCUT2D eigenvalue weighted by Crippen LogP contribution is -1.95. The van der Waals surface area contributed by atoms with E-state index in [0.717, 1.165) is 11.3 Å². The van der Waals surface area contributed by atoms with Crippen molar-refractivity contribution in [3.8, 4) is 0 Å². The average molecular weight is 174 g/mol. The first kappa shape index (κ1) is 9.39. The molecule has 13 heavy (non-hydrogen) atoms. The minimum absolute atomic E-state index is 0.724. The third kappa shape index (κ3) is 2.67. The molecule has 0 unspecified atom stereocenters. The minimum Gasteiger partial charge on any atom is -0.405 e. The molecule has 0 fully saturated rings. The number of benzene rings is 1. The Labute approximate surface area is 78.6 Å². The molecule has 0 aliphatic carbocycles. The first-order valence-corrected chi connectivity index (χ1v) is 4.15. The fraction of sp³-hybridized carbons (Fsp3) is 0.0909.